The van der Waals surface area contributed by atoms with E-state index in [2.05, 4.69) is 32.9 Å². The quantitative estimate of drug-likeness (QED) is 0.854. The fourth-order valence-electron chi connectivity index (χ4n) is 1.47. The molecule has 17 heavy (non-hydrogen) atoms. The molecule has 0 unspecified atom stereocenters. The van der Waals surface area contributed by atoms with Crippen molar-refractivity contribution in [2.24, 2.45) is 0 Å². The number of halogens is 1. The van der Waals surface area contributed by atoms with Crippen LogP contribution in [0.15, 0.2) is 42.6 Å². The summed E-state index contributed by atoms with van der Waals surface area (Å²) in [6, 6.07) is 11.1. The second kappa shape index (κ2) is 5.27. The van der Waals surface area contributed by atoms with Gasteiger partial charge in [0.1, 0.15) is 0 Å². The van der Waals surface area contributed by atoms with Crippen LogP contribution in [0.4, 0.5) is 5.69 Å². The summed E-state index contributed by atoms with van der Waals surface area (Å²) in [4.78, 5) is 16.1. The van der Waals surface area contributed by atoms with E-state index < -0.39 is 0 Å². The Morgan fingerprint density at radius 2 is 2.06 bits per heavy atom. The van der Waals surface area contributed by atoms with Gasteiger partial charge >= 0.3 is 0 Å². The van der Waals surface area contributed by atoms with E-state index in [1.165, 1.54) is 0 Å². The van der Waals surface area contributed by atoms with Gasteiger partial charge in [-0.1, -0.05) is 12.1 Å². The van der Waals surface area contributed by atoms with Gasteiger partial charge in [-0.2, -0.15) is 0 Å². The molecule has 0 bridgehead atoms. The van der Waals surface area contributed by atoms with Crippen LogP contribution in [-0.2, 0) is 0 Å². The van der Waals surface area contributed by atoms with E-state index in [9.17, 15) is 4.79 Å². The van der Waals surface area contributed by atoms with Crippen LogP contribution in [0.5, 0.6) is 0 Å². The number of aromatic nitrogens is 1. The molecule has 4 heteroatoms. The number of carbonyl (C=O) groups is 1. The second-order valence-corrected chi connectivity index (χ2v) is 4.78. The van der Waals surface area contributed by atoms with E-state index in [4.69, 9.17) is 0 Å². The normalized spacial score (nSPS) is 10.0. The third-order valence-electron chi connectivity index (χ3n) is 2.27. The lowest BCUT2D eigenvalue weighted by Gasteiger charge is -2.06. The van der Waals surface area contributed by atoms with Crippen molar-refractivity contribution in [3.8, 4) is 0 Å². The van der Waals surface area contributed by atoms with E-state index in [0.717, 1.165) is 15.0 Å². The van der Waals surface area contributed by atoms with E-state index in [-0.39, 0.29) is 5.91 Å². The lowest BCUT2D eigenvalue weighted by molar-refractivity contribution is 0.102. The molecule has 0 fully saturated rings. The van der Waals surface area contributed by atoms with Gasteiger partial charge in [0.05, 0.1) is 5.56 Å². The van der Waals surface area contributed by atoms with Gasteiger partial charge in [0, 0.05) is 21.1 Å². The fourth-order valence-corrected chi connectivity index (χ4v) is 2.10. The number of anilines is 1. The molecule has 86 valence electrons. The fraction of sp³-hybridized carbons (Fsp3) is 0.0769. The van der Waals surface area contributed by atoms with Crippen LogP contribution >= 0.6 is 22.6 Å². The molecule has 0 saturated carbocycles. The largest absolute Gasteiger partial charge is 0.322 e. The SMILES string of the molecule is Cc1cc(NC(=O)c2ccccc2I)ccn1. The highest BCUT2D eigenvalue weighted by Gasteiger charge is 2.09. The molecule has 0 aliphatic rings. The highest BCUT2D eigenvalue weighted by molar-refractivity contribution is 14.1. The minimum Gasteiger partial charge on any atom is -0.322 e. The number of aryl methyl sites for hydroxylation is 1. The Labute approximate surface area is 113 Å². The number of carbonyl (C=O) groups excluding carboxylic acids is 1. The zero-order valence-electron chi connectivity index (χ0n) is 9.27. The topological polar surface area (TPSA) is 42.0 Å². The summed E-state index contributed by atoms with van der Waals surface area (Å²) >= 11 is 2.15. The van der Waals surface area contributed by atoms with Crippen molar-refractivity contribution in [3.63, 3.8) is 0 Å². The zero-order chi connectivity index (χ0) is 12.3. The van der Waals surface area contributed by atoms with Gasteiger partial charge in [0.15, 0.2) is 0 Å². The van der Waals surface area contributed by atoms with Crippen molar-refractivity contribution in [1.29, 1.82) is 0 Å². The number of rotatable bonds is 2. The van der Waals surface area contributed by atoms with E-state index in [1.807, 2.05) is 37.3 Å². The molecule has 0 atom stereocenters. The minimum atomic E-state index is -0.0967. The number of nitrogens with zero attached hydrogens (tertiary/aromatic N) is 1. The molecule has 0 aliphatic heterocycles. The molecule has 1 aromatic heterocycles. The smallest absolute Gasteiger partial charge is 0.256 e. The van der Waals surface area contributed by atoms with Crippen molar-refractivity contribution in [1.82, 2.24) is 4.98 Å². The summed E-state index contributed by atoms with van der Waals surface area (Å²) in [5.41, 5.74) is 2.33. The maximum absolute atomic E-state index is 12.0. The first kappa shape index (κ1) is 12.0. The van der Waals surface area contributed by atoms with Crippen LogP contribution in [0.25, 0.3) is 0 Å². The zero-order valence-corrected chi connectivity index (χ0v) is 11.4. The van der Waals surface area contributed by atoms with Crippen molar-refractivity contribution >= 4 is 34.2 Å². The molecule has 3 nitrogen and oxygen atoms in total. The lowest BCUT2D eigenvalue weighted by atomic mass is 10.2. The predicted octanol–water partition coefficient (Wildman–Crippen LogP) is 3.25. The standard InChI is InChI=1S/C13H11IN2O/c1-9-8-10(6-7-15-9)16-13(17)11-4-2-3-5-12(11)14/h2-8H,1H3,(H,15,16,17). The Kier molecular flexibility index (Phi) is 3.73. The summed E-state index contributed by atoms with van der Waals surface area (Å²) in [5, 5.41) is 2.86. The molecule has 0 radical (unpaired) electrons. The van der Waals surface area contributed by atoms with Crippen LogP contribution in [0.2, 0.25) is 0 Å². The highest BCUT2D eigenvalue weighted by Crippen LogP contribution is 2.14. The third kappa shape index (κ3) is 3.03. The first-order valence-electron chi connectivity index (χ1n) is 5.15. The van der Waals surface area contributed by atoms with Crippen LogP contribution in [0, 0.1) is 10.5 Å². The Bertz CT molecular complexity index is 555. The summed E-state index contributed by atoms with van der Waals surface area (Å²) < 4.78 is 0.938. The van der Waals surface area contributed by atoms with Gasteiger partial charge in [-0.25, -0.2) is 0 Å². The van der Waals surface area contributed by atoms with Gasteiger partial charge in [0.25, 0.3) is 5.91 Å². The molecule has 1 aromatic carbocycles. The summed E-state index contributed by atoms with van der Waals surface area (Å²) in [6.45, 7) is 1.89. The average Bonchev–Trinajstić information content (AvgIpc) is 2.29. The van der Waals surface area contributed by atoms with Gasteiger partial charge in [0.2, 0.25) is 0 Å². The first-order chi connectivity index (χ1) is 8.16. The van der Waals surface area contributed by atoms with E-state index >= 15 is 0 Å². The summed E-state index contributed by atoms with van der Waals surface area (Å²) in [7, 11) is 0. The van der Waals surface area contributed by atoms with Crippen molar-refractivity contribution in [2.75, 3.05) is 5.32 Å². The number of pyridine rings is 1. The van der Waals surface area contributed by atoms with Crippen molar-refractivity contribution in [3.05, 3.63) is 57.4 Å². The number of amides is 1. The maximum atomic E-state index is 12.0. The molecular formula is C13H11IN2O. The Morgan fingerprint density at radius 3 is 2.76 bits per heavy atom. The van der Waals surface area contributed by atoms with Crippen molar-refractivity contribution < 1.29 is 4.79 Å². The second-order valence-electron chi connectivity index (χ2n) is 3.62. The molecule has 1 heterocycles. The number of nitrogens with one attached hydrogen (secondary N) is 1. The Balaban J connectivity index is 2.20. The summed E-state index contributed by atoms with van der Waals surface area (Å²) in [6.07, 6.45) is 1.68. The first-order valence-corrected chi connectivity index (χ1v) is 6.23. The van der Waals surface area contributed by atoms with Gasteiger partial charge < -0.3 is 5.32 Å². The average molecular weight is 338 g/mol. The monoisotopic (exact) mass is 338 g/mol. The molecule has 0 aliphatic carbocycles. The molecule has 1 N–H and O–H groups in total. The van der Waals surface area contributed by atoms with E-state index in [1.54, 1.807) is 12.3 Å². The molecule has 0 spiro atoms. The molecule has 1 amide bonds. The third-order valence-corrected chi connectivity index (χ3v) is 3.21. The van der Waals surface area contributed by atoms with Crippen LogP contribution < -0.4 is 5.32 Å². The molecular weight excluding hydrogens is 327 g/mol. The van der Waals surface area contributed by atoms with Gasteiger partial charge in [-0.15, -0.1) is 0 Å². The number of hydrogen-bond donors (Lipinski definition) is 1. The van der Waals surface area contributed by atoms with Crippen LogP contribution in [0.1, 0.15) is 16.1 Å². The van der Waals surface area contributed by atoms with Crippen LogP contribution in [0.3, 0.4) is 0 Å². The van der Waals surface area contributed by atoms with Gasteiger partial charge in [-0.05, 0) is 53.8 Å². The predicted molar refractivity (Wildman–Crippen MR) is 76.1 cm³/mol. The molecule has 2 rings (SSSR count). The van der Waals surface area contributed by atoms with E-state index in [0.29, 0.717) is 5.56 Å². The summed E-state index contributed by atoms with van der Waals surface area (Å²) in [5.74, 6) is -0.0967. The molecule has 2 aromatic rings. The van der Waals surface area contributed by atoms with Crippen LogP contribution in [-0.4, -0.2) is 10.9 Å². The maximum Gasteiger partial charge on any atom is 0.256 e. The number of hydrogen-bond acceptors (Lipinski definition) is 2. The van der Waals surface area contributed by atoms with Gasteiger partial charge in [-0.3, -0.25) is 9.78 Å². The number of benzene rings is 1. The Hall–Kier alpha value is -1.43. The highest BCUT2D eigenvalue weighted by atomic mass is 127. The Morgan fingerprint density at radius 1 is 1.29 bits per heavy atom. The van der Waals surface area contributed by atoms with Crippen molar-refractivity contribution in [2.45, 2.75) is 6.92 Å². The minimum absolute atomic E-state index is 0.0967. The lowest BCUT2D eigenvalue weighted by Crippen LogP contribution is -2.13. The molecule has 0 saturated heterocycles.